The molecule has 84 valence electrons. The Hall–Kier alpha value is -1.98. The van der Waals surface area contributed by atoms with Crippen molar-refractivity contribution in [2.24, 2.45) is 11.7 Å². The van der Waals surface area contributed by atoms with E-state index in [1.807, 2.05) is 6.92 Å². The maximum atomic E-state index is 11.6. The molecule has 1 saturated heterocycles. The molecule has 1 aromatic rings. The molecule has 6 heteroatoms. The van der Waals surface area contributed by atoms with Crippen LogP contribution in [0.5, 0.6) is 0 Å². The average molecular weight is 220 g/mol. The molecule has 1 aliphatic heterocycles. The van der Waals surface area contributed by atoms with Crippen molar-refractivity contribution in [2.45, 2.75) is 13.3 Å². The number of carbonyl (C=O) groups excluding carboxylic acids is 2. The lowest BCUT2D eigenvalue weighted by Gasteiger charge is -2.13. The lowest BCUT2D eigenvalue weighted by Crippen LogP contribution is -2.29. The van der Waals surface area contributed by atoms with Crippen molar-refractivity contribution in [1.29, 1.82) is 0 Å². The molecule has 1 unspecified atom stereocenters. The number of hydrogen-bond donors (Lipinski definition) is 1. The Morgan fingerprint density at radius 2 is 2.38 bits per heavy atom. The van der Waals surface area contributed by atoms with Crippen molar-refractivity contribution in [3.8, 4) is 0 Å². The molecule has 1 aliphatic rings. The maximum absolute atomic E-state index is 11.6. The molecular weight excluding hydrogens is 208 g/mol. The van der Waals surface area contributed by atoms with Crippen LogP contribution < -0.4 is 10.6 Å². The van der Waals surface area contributed by atoms with E-state index in [0.717, 1.165) is 5.69 Å². The van der Waals surface area contributed by atoms with Crippen LogP contribution in [-0.4, -0.2) is 28.3 Å². The zero-order valence-corrected chi connectivity index (χ0v) is 8.88. The Balaban J connectivity index is 2.23. The predicted octanol–water partition coefficient (Wildman–Crippen LogP) is -0.377. The molecule has 2 amide bonds. The van der Waals surface area contributed by atoms with Crippen LogP contribution in [0, 0.1) is 12.8 Å². The van der Waals surface area contributed by atoms with Crippen LogP contribution in [0.25, 0.3) is 0 Å². The Kier molecular flexibility index (Phi) is 2.55. The molecule has 2 N–H and O–H groups in total. The lowest BCUT2D eigenvalue weighted by molar-refractivity contribution is -0.123. The van der Waals surface area contributed by atoms with Crippen LogP contribution in [0.4, 0.5) is 5.95 Å². The molecule has 1 atom stereocenters. The van der Waals surface area contributed by atoms with Crippen molar-refractivity contribution in [1.82, 2.24) is 9.97 Å². The number of nitrogens with two attached hydrogens (primary N) is 1. The normalized spacial score (nSPS) is 20.2. The summed E-state index contributed by atoms with van der Waals surface area (Å²) >= 11 is 0. The second-order valence-corrected chi connectivity index (χ2v) is 3.81. The average Bonchev–Trinajstić information content (AvgIpc) is 2.60. The first-order valence-corrected chi connectivity index (χ1v) is 4.97. The summed E-state index contributed by atoms with van der Waals surface area (Å²) in [6.45, 7) is 2.09. The Labute approximate surface area is 92.5 Å². The highest BCUT2D eigenvalue weighted by molar-refractivity contribution is 5.98. The monoisotopic (exact) mass is 220 g/mol. The number of primary amides is 1. The first-order chi connectivity index (χ1) is 7.58. The van der Waals surface area contributed by atoms with Gasteiger partial charge in [0, 0.05) is 24.9 Å². The van der Waals surface area contributed by atoms with Gasteiger partial charge in [-0.3, -0.25) is 14.5 Å². The fourth-order valence-electron chi connectivity index (χ4n) is 1.66. The van der Waals surface area contributed by atoms with E-state index in [2.05, 4.69) is 9.97 Å². The van der Waals surface area contributed by atoms with E-state index in [9.17, 15) is 9.59 Å². The van der Waals surface area contributed by atoms with Crippen molar-refractivity contribution in [2.75, 3.05) is 11.4 Å². The second kappa shape index (κ2) is 3.88. The SMILES string of the molecule is Cc1ccnc(N2CC(C(N)=O)CC2=O)n1. The standard InChI is InChI=1S/C10H12N4O2/c1-6-2-3-12-10(13-6)14-5-7(9(11)16)4-8(14)15/h2-3,7H,4-5H2,1H3,(H2,11,16). The molecule has 0 aliphatic carbocycles. The summed E-state index contributed by atoms with van der Waals surface area (Å²) in [5.41, 5.74) is 5.95. The van der Waals surface area contributed by atoms with E-state index >= 15 is 0 Å². The number of aryl methyl sites for hydroxylation is 1. The van der Waals surface area contributed by atoms with Crippen LogP contribution in [0.15, 0.2) is 12.3 Å². The van der Waals surface area contributed by atoms with Crippen molar-refractivity contribution in [3.05, 3.63) is 18.0 Å². The van der Waals surface area contributed by atoms with Crippen molar-refractivity contribution in [3.63, 3.8) is 0 Å². The third-order valence-corrected chi connectivity index (χ3v) is 2.55. The van der Waals surface area contributed by atoms with Crippen LogP contribution >= 0.6 is 0 Å². The number of nitrogens with zero attached hydrogens (tertiary/aromatic N) is 3. The van der Waals surface area contributed by atoms with Crippen molar-refractivity contribution < 1.29 is 9.59 Å². The molecular formula is C10H12N4O2. The first-order valence-electron chi connectivity index (χ1n) is 4.97. The van der Waals surface area contributed by atoms with Gasteiger partial charge < -0.3 is 5.73 Å². The summed E-state index contributed by atoms with van der Waals surface area (Å²) in [4.78, 5) is 32.2. The second-order valence-electron chi connectivity index (χ2n) is 3.81. The summed E-state index contributed by atoms with van der Waals surface area (Å²) < 4.78 is 0. The van der Waals surface area contributed by atoms with Gasteiger partial charge in [0.05, 0.1) is 5.92 Å². The van der Waals surface area contributed by atoms with Gasteiger partial charge in [-0.05, 0) is 13.0 Å². The van der Waals surface area contributed by atoms with Crippen LogP contribution in [0.2, 0.25) is 0 Å². The molecule has 2 heterocycles. The van der Waals surface area contributed by atoms with Gasteiger partial charge >= 0.3 is 0 Å². The Bertz CT molecular complexity index is 446. The molecule has 6 nitrogen and oxygen atoms in total. The summed E-state index contributed by atoms with van der Waals surface area (Å²) in [5.74, 6) is -0.705. The minimum absolute atomic E-state index is 0.145. The number of rotatable bonds is 2. The Morgan fingerprint density at radius 1 is 1.62 bits per heavy atom. The van der Waals surface area contributed by atoms with Gasteiger partial charge in [0.15, 0.2) is 0 Å². The quantitative estimate of drug-likeness (QED) is 0.735. The van der Waals surface area contributed by atoms with Gasteiger partial charge in [-0.2, -0.15) is 0 Å². The van der Waals surface area contributed by atoms with Crippen molar-refractivity contribution >= 4 is 17.8 Å². The van der Waals surface area contributed by atoms with Gasteiger partial charge in [0.2, 0.25) is 17.8 Å². The molecule has 0 saturated carbocycles. The lowest BCUT2D eigenvalue weighted by atomic mass is 10.1. The molecule has 0 bridgehead atoms. The largest absolute Gasteiger partial charge is 0.369 e. The number of aromatic nitrogens is 2. The predicted molar refractivity (Wildman–Crippen MR) is 56.4 cm³/mol. The van der Waals surface area contributed by atoms with Gasteiger partial charge in [-0.15, -0.1) is 0 Å². The minimum Gasteiger partial charge on any atom is -0.369 e. The molecule has 0 spiro atoms. The highest BCUT2D eigenvalue weighted by Crippen LogP contribution is 2.21. The molecule has 1 fully saturated rings. The van der Waals surface area contributed by atoms with E-state index in [1.54, 1.807) is 12.3 Å². The number of carbonyl (C=O) groups is 2. The molecule has 0 aromatic carbocycles. The number of hydrogen-bond acceptors (Lipinski definition) is 4. The third kappa shape index (κ3) is 1.86. The van der Waals surface area contributed by atoms with Crippen LogP contribution in [-0.2, 0) is 9.59 Å². The molecule has 1 aromatic heterocycles. The van der Waals surface area contributed by atoms with E-state index < -0.39 is 11.8 Å². The number of amides is 2. The summed E-state index contributed by atoms with van der Waals surface area (Å²) in [7, 11) is 0. The topological polar surface area (TPSA) is 89.2 Å². The van der Waals surface area contributed by atoms with E-state index in [1.165, 1.54) is 4.90 Å². The molecule has 16 heavy (non-hydrogen) atoms. The van der Waals surface area contributed by atoms with Gasteiger partial charge in [-0.25, -0.2) is 9.97 Å². The minimum atomic E-state index is -0.455. The van der Waals surface area contributed by atoms with E-state index in [0.29, 0.717) is 5.95 Å². The smallest absolute Gasteiger partial charge is 0.232 e. The van der Waals surface area contributed by atoms with Gasteiger partial charge in [0.25, 0.3) is 0 Å². The van der Waals surface area contributed by atoms with Gasteiger partial charge in [0.1, 0.15) is 0 Å². The summed E-state index contributed by atoms with van der Waals surface area (Å²) in [5, 5.41) is 0. The zero-order valence-electron chi connectivity index (χ0n) is 8.88. The third-order valence-electron chi connectivity index (χ3n) is 2.55. The van der Waals surface area contributed by atoms with Crippen LogP contribution in [0.1, 0.15) is 12.1 Å². The molecule has 0 radical (unpaired) electrons. The fourth-order valence-corrected chi connectivity index (χ4v) is 1.66. The van der Waals surface area contributed by atoms with Gasteiger partial charge in [-0.1, -0.05) is 0 Å². The maximum Gasteiger partial charge on any atom is 0.232 e. The van der Waals surface area contributed by atoms with E-state index in [4.69, 9.17) is 5.73 Å². The van der Waals surface area contributed by atoms with E-state index in [-0.39, 0.29) is 18.9 Å². The van der Waals surface area contributed by atoms with Crippen LogP contribution in [0.3, 0.4) is 0 Å². The number of anilines is 1. The Morgan fingerprint density at radius 3 is 2.94 bits per heavy atom. The highest BCUT2D eigenvalue weighted by Gasteiger charge is 2.35. The summed E-state index contributed by atoms with van der Waals surface area (Å²) in [6, 6.07) is 1.75. The fraction of sp³-hybridized carbons (Fsp3) is 0.400. The first kappa shape index (κ1) is 10.5. The summed E-state index contributed by atoms with van der Waals surface area (Å²) in [6.07, 6.45) is 1.73. The highest BCUT2D eigenvalue weighted by atomic mass is 16.2. The molecule has 2 rings (SSSR count). The zero-order chi connectivity index (χ0) is 11.7.